The summed E-state index contributed by atoms with van der Waals surface area (Å²) >= 11 is 7.52. The molecule has 7 heteroatoms. The fourth-order valence-corrected chi connectivity index (χ4v) is 4.09. The molecule has 1 heterocycles. The van der Waals surface area contributed by atoms with Gasteiger partial charge in [-0.2, -0.15) is 0 Å². The normalized spacial score (nSPS) is 13.0. The molecule has 3 aromatic carbocycles. The summed E-state index contributed by atoms with van der Waals surface area (Å²) in [6.07, 6.45) is 0.461. The van der Waals surface area contributed by atoms with Crippen LogP contribution in [0.25, 0.3) is 0 Å². The van der Waals surface area contributed by atoms with Gasteiger partial charge in [-0.1, -0.05) is 54.1 Å². The highest BCUT2D eigenvalue weighted by Crippen LogP contribution is 2.33. The lowest BCUT2D eigenvalue weighted by Gasteiger charge is -2.09. The minimum atomic E-state index is -0.295. The summed E-state index contributed by atoms with van der Waals surface area (Å²) in [7, 11) is 0. The maximum Gasteiger partial charge on any atom is 0.230 e. The van der Waals surface area contributed by atoms with Gasteiger partial charge < -0.3 is 5.32 Å². The Kier molecular flexibility index (Phi) is 6.79. The number of aliphatic imine (C=N–C) groups is 2. The highest BCUT2D eigenvalue weighted by Gasteiger charge is 2.16. The largest absolute Gasteiger partial charge is 0.351 e. The summed E-state index contributed by atoms with van der Waals surface area (Å²) in [5, 5.41) is 4.30. The van der Waals surface area contributed by atoms with E-state index in [2.05, 4.69) is 5.32 Å². The summed E-state index contributed by atoms with van der Waals surface area (Å²) in [5.41, 5.74) is 3.98. The lowest BCUT2D eigenvalue weighted by atomic mass is 10.1. The Hall–Kier alpha value is -2.96. The SMILES string of the molecule is O=C(CSC1=Nc2ccccc2N=C(c2ccc(F)cc2)C1)NCc1ccccc1Cl. The number of benzene rings is 3. The minimum Gasteiger partial charge on any atom is -0.351 e. The predicted octanol–water partition coefficient (Wildman–Crippen LogP) is 6.08. The van der Waals surface area contributed by atoms with Gasteiger partial charge in [0.2, 0.25) is 5.91 Å². The zero-order valence-electron chi connectivity index (χ0n) is 16.5. The van der Waals surface area contributed by atoms with Gasteiger partial charge >= 0.3 is 0 Å². The van der Waals surface area contributed by atoms with Gasteiger partial charge in [0.25, 0.3) is 0 Å². The van der Waals surface area contributed by atoms with E-state index in [1.54, 1.807) is 18.2 Å². The number of hydrogen-bond acceptors (Lipinski definition) is 4. The first kappa shape index (κ1) is 21.3. The van der Waals surface area contributed by atoms with Crippen LogP contribution in [0.4, 0.5) is 15.8 Å². The third-order valence-corrected chi connectivity index (χ3v) is 6.03. The molecule has 1 aliphatic rings. The molecule has 31 heavy (non-hydrogen) atoms. The molecule has 0 spiro atoms. The number of carbonyl (C=O) groups is 1. The lowest BCUT2D eigenvalue weighted by Crippen LogP contribution is -2.25. The Morgan fingerprint density at radius 3 is 2.39 bits per heavy atom. The molecular weight excluding hydrogens is 433 g/mol. The average molecular weight is 452 g/mol. The van der Waals surface area contributed by atoms with Gasteiger partial charge in [0.15, 0.2) is 0 Å². The van der Waals surface area contributed by atoms with Crippen LogP contribution in [0, 0.1) is 5.82 Å². The van der Waals surface area contributed by atoms with Gasteiger partial charge in [0.05, 0.1) is 27.9 Å². The Morgan fingerprint density at radius 2 is 1.65 bits per heavy atom. The maximum atomic E-state index is 13.4. The Balaban J connectivity index is 1.47. The van der Waals surface area contributed by atoms with E-state index in [0.717, 1.165) is 33.3 Å². The molecular formula is C24H19ClFN3OS. The number of amides is 1. The highest BCUT2D eigenvalue weighted by atomic mass is 35.5. The Morgan fingerprint density at radius 1 is 0.968 bits per heavy atom. The van der Waals surface area contributed by atoms with Crippen LogP contribution in [0.1, 0.15) is 17.5 Å². The van der Waals surface area contributed by atoms with Crippen molar-refractivity contribution in [3.05, 3.63) is 94.8 Å². The lowest BCUT2D eigenvalue weighted by molar-refractivity contribution is -0.118. The van der Waals surface area contributed by atoms with Crippen LogP contribution in [-0.4, -0.2) is 22.4 Å². The molecule has 1 aliphatic heterocycles. The van der Waals surface area contributed by atoms with E-state index < -0.39 is 0 Å². The quantitative estimate of drug-likeness (QED) is 0.510. The van der Waals surface area contributed by atoms with E-state index in [4.69, 9.17) is 21.6 Å². The maximum absolute atomic E-state index is 13.4. The van der Waals surface area contributed by atoms with E-state index in [-0.39, 0.29) is 17.5 Å². The number of rotatable bonds is 5. The average Bonchev–Trinajstić information content (AvgIpc) is 2.97. The van der Waals surface area contributed by atoms with Crippen molar-refractivity contribution in [1.29, 1.82) is 0 Å². The first-order valence-corrected chi connectivity index (χ1v) is 11.1. The Labute approximate surface area is 189 Å². The van der Waals surface area contributed by atoms with Gasteiger partial charge in [-0.15, -0.1) is 11.8 Å². The van der Waals surface area contributed by atoms with Crippen molar-refractivity contribution in [2.24, 2.45) is 9.98 Å². The summed E-state index contributed by atoms with van der Waals surface area (Å²) in [6, 6.07) is 21.3. The summed E-state index contributed by atoms with van der Waals surface area (Å²) < 4.78 is 13.4. The molecule has 156 valence electrons. The zero-order valence-corrected chi connectivity index (χ0v) is 18.1. The highest BCUT2D eigenvalue weighted by molar-refractivity contribution is 8.14. The molecule has 3 aromatic rings. The molecule has 1 amide bonds. The number of carbonyl (C=O) groups excluding carboxylic acids is 1. The third kappa shape index (κ3) is 5.60. The number of thioether (sulfide) groups is 1. The van der Waals surface area contributed by atoms with E-state index in [0.29, 0.717) is 18.0 Å². The molecule has 0 bridgehead atoms. The molecule has 0 radical (unpaired) electrons. The molecule has 0 atom stereocenters. The second kappa shape index (κ2) is 9.90. The van der Waals surface area contributed by atoms with Crippen LogP contribution in [-0.2, 0) is 11.3 Å². The zero-order chi connectivity index (χ0) is 21.6. The van der Waals surface area contributed by atoms with E-state index in [9.17, 15) is 9.18 Å². The molecule has 0 saturated heterocycles. The molecule has 0 saturated carbocycles. The second-order valence-corrected chi connectivity index (χ2v) is 8.35. The van der Waals surface area contributed by atoms with E-state index in [1.165, 1.54) is 23.9 Å². The molecule has 0 unspecified atom stereocenters. The Bertz CT molecular complexity index is 1160. The van der Waals surface area contributed by atoms with Crippen LogP contribution in [0.5, 0.6) is 0 Å². The van der Waals surface area contributed by atoms with Crippen LogP contribution < -0.4 is 5.32 Å². The molecule has 0 aromatic heterocycles. The summed E-state index contributed by atoms with van der Waals surface area (Å²) in [4.78, 5) is 21.9. The van der Waals surface area contributed by atoms with Crippen molar-refractivity contribution in [2.75, 3.05) is 5.75 Å². The van der Waals surface area contributed by atoms with Crippen LogP contribution in [0.2, 0.25) is 5.02 Å². The number of hydrogen-bond donors (Lipinski definition) is 1. The first-order chi connectivity index (χ1) is 15.1. The van der Waals surface area contributed by atoms with Gasteiger partial charge in [-0.05, 0) is 41.5 Å². The number of nitrogens with zero attached hydrogens (tertiary/aromatic N) is 2. The van der Waals surface area contributed by atoms with Crippen molar-refractivity contribution in [1.82, 2.24) is 5.32 Å². The van der Waals surface area contributed by atoms with Crippen LogP contribution in [0.15, 0.2) is 82.8 Å². The minimum absolute atomic E-state index is 0.106. The van der Waals surface area contributed by atoms with Gasteiger partial charge in [-0.3, -0.25) is 9.79 Å². The van der Waals surface area contributed by atoms with Crippen molar-refractivity contribution in [2.45, 2.75) is 13.0 Å². The topological polar surface area (TPSA) is 53.8 Å². The standard InChI is InChI=1S/C24H19ClFN3OS/c25-19-6-2-1-5-17(19)14-27-23(30)15-31-24-13-22(16-9-11-18(26)12-10-16)28-20-7-3-4-8-21(20)29-24/h1-12H,13-15H2,(H,27,30). The fraction of sp³-hybridized carbons (Fsp3) is 0.125. The van der Waals surface area contributed by atoms with E-state index >= 15 is 0 Å². The first-order valence-electron chi connectivity index (χ1n) is 9.71. The van der Waals surface area contributed by atoms with Gasteiger partial charge in [0, 0.05) is 18.0 Å². The molecule has 0 fully saturated rings. The second-order valence-electron chi connectivity index (χ2n) is 6.89. The molecule has 1 N–H and O–H groups in total. The van der Waals surface area contributed by atoms with Crippen LogP contribution in [0.3, 0.4) is 0 Å². The predicted molar refractivity (Wildman–Crippen MR) is 127 cm³/mol. The van der Waals surface area contributed by atoms with Gasteiger partial charge in [-0.25, -0.2) is 9.38 Å². The monoisotopic (exact) mass is 451 g/mol. The third-order valence-electron chi connectivity index (χ3n) is 4.68. The van der Waals surface area contributed by atoms with Gasteiger partial charge in [0.1, 0.15) is 5.82 Å². The number of fused-ring (bicyclic) bond motifs is 1. The number of nitrogens with one attached hydrogen (secondary N) is 1. The summed E-state index contributed by atoms with van der Waals surface area (Å²) in [6.45, 7) is 0.372. The summed E-state index contributed by atoms with van der Waals surface area (Å²) in [5.74, 6) is -0.176. The van der Waals surface area contributed by atoms with E-state index in [1.807, 2.05) is 42.5 Å². The molecule has 4 rings (SSSR count). The number of halogens is 2. The molecule has 4 nitrogen and oxygen atoms in total. The number of para-hydroxylation sites is 2. The smallest absolute Gasteiger partial charge is 0.230 e. The van der Waals surface area contributed by atoms with Crippen molar-refractivity contribution in [3.63, 3.8) is 0 Å². The fourth-order valence-electron chi connectivity index (χ4n) is 3.08. The van der Waals surface area contributed by atoms with Crippen molar-refractivity contribution < 1.29 is 9.18 Å². The molecule has 0 aliphatic carbocycles. The van der Waals surface area contributed by atoms with Crippen LogP contribution >= 0.6 is 23.4 Å². The van der Waals surface area contributed by atoms with Crippen molar-refractivity contribution >= 4 is 51.4 Å². The van der Waals surface area contributed by atoms with Crippen molar-refractivity contribution in [3.8, 4) is 0 Å².